The molecule has 132 valence electrons. The number of rotatable bonds is 5. The van der Waals surface area contributed by atoms with Crippen molar-refractivity contribution in [3.05, 3.63) is 12.2 Å². The van der Waals surface area contributed by atoms with Crippen molar-refractivity contribution in [1.29, 1.82) is 0 Å². The van der Waals surface area contributed by atoms with Gasteiger partial charge in [-0.1, -0.05) is 32.9 Å². The summed E-state index contributed by atoms with van der Waals surface area (Å²) in [6, 6.07) is 0. The number of carbonyl (C=O) groups excluding carboxylic acids is 1. The lowest BCUT2D eigenvalue weighted by atomic mass is 9.90. The van der Waals surface area contributed by atoms with Crippen molar-refractivity contribution in [2.75, 3.05) is 13.2 Å². The second-order valence-electron chi connectivity index (χ2n) is 8.46. The maximum atomic E-state index is 11.1. The second-order valence-corrected chi connectivity index (χ2v) is 13.3. The maximum absolute atomic E-state index is 11.1. The van der Waals surface area contributed by atoms with Gasteiger partial charge in [0.05, 0.1) is 12.7 Å². The van der Waals surface area contributed by atoms with Crippen molar-refractivity contribution in [1.82, 2.24) is 0 Å². The molecule has 2 bridgehead atoms. The van der Waals surface area contributed by atoms with E-state index < -0.39 is 25.6 Å². The lowest BCUT2D eigenvalue weighted by molar-refractivity contribution is -0.193. The fraction of sp³-hybridized carbons (Fsp3) is 0.824. The van der Waals surface area contributed by atoms with Crippen LogP contribution in [0.25, 0.3) is 0 Å². The molecule has 2 rings (SSSR count). The summed E-state index contributed by atoms with van der Waals surface area (Å²) < 4.78 is 17.7. The zero-order valence-corrected chi connectivity index (χ0v) is 16.1. The van der Waals surface area contributed by atoms with Gasteiger partial charge in [0.2, 0.25) is 0 Å². The van der Waals surface area contributed by atoms with Crippen molar-refractivity contribution >= 4 is 14.3 Å². The highest BCUT2D eigenvalue weighted by atomic mass is 28.4. The summed E-state index contributed by atoms with van der Waals surface area (Å²) in [6.07, 6.45) is 4.39. The molecule has 2 heterocycles. The Kier molecular flexibility index (Phi) is 4.85. The normalized spacial score (nSPS) is 33.8. The molecule has 0 spiro atoms. The molecule has 0 radical (unpaired) electrons. The summed E-state index contributed by atoms with van der Waals surface area (Å²) >= 11 is 0. The summed E-state index contributed by atoms with van der Waals surface area (Å²) in [7, 11) is -1.90. The summed E-state index contributed by atoms with van der Waals surface area (Å²) in [4.78, 5) is 11.1. The molecular weight excluding hydrogens is 312 g/mol. The van der Waals surface area contributed by atoms with E-state index in [-0.39, 0.29) is 17.6 Å². The van der Waals surface area contributed by atoms with Gasteiger partial charge in [-0.05, 0) is 18.1 Å². The molecule has 6 heteroatoms. The zero-order valence-electron chi connectivity index (χ0n) is 15.1. The van der Waals surface area contributed by atoms with E-state index in [1.165, 1.54) is 6.92 Å². The van der Waals surface area contributed by atoms with Crippen LogP contribution in [0.2, 0.25) is 18.1 Å². The van der Waals surface area contributed by atoms with Gasteiger partial charge in [-0.25, -0.2) is 0 Å². The number of aliphatic hydroxyl groups is 1. The third-order valence-electron chi connectivity index (χ3n) is 5.26. The predicted molar refractivity (Wildman–Crippen MR) is 90.7 cm³/mol. The van der Waals surface area contributed by atoms with Gasteiger partial charge in [0.1, 0.15) is 17.8 Å². The Hall–Kier alpha value is -0.693. The predicted octanol–water partition coefficient (Wildman–Crippen LogP) is 2.79. The number of aliphatic hydroxyl groups excluding tert-OH is 1. The van der Waals surface area contributed by atoms with E-state index in [9.17, 15) is 9.90 Å². The number of ether oxygens (including phenoxy) is 2. The number of fused-ring (bicyclic) bond motifs is 2. The summed E-state index contributed by atoms with van der Waals surface area (Å²) in [5.41, 5.74) is -1.34. The van der Waals surface area contributed by atoms with Crippen molar-refractivity contribution in [3.63, 3.8) is 0 Å². The van der Waals surface area contributed by atoms with Crippen molar-refractivity contribution < 1.29 is 23.8 Å². The highest BCUT2D eigenvalue weighted by Gasteiger charge is 2.53. The molecule has 3 atom stereocenters. The minimum absolute atomic E-state index is 0.119. The lowest BCUT2D eigenvalue weighted by Gasteiger charge is -2.44. The van der Waals surface area contributed by atoms with Gasteiger partial charge in [-0.2, -0.15) is 0 Å². The third kappa shape index (κ3) is 4.05. The molecule has 1 fully saturated rings. The van der Waals surface area contributed by atoms with E-state index in [1.807, 2.05) is 12.2 Å². The second kappa shape index (κ2) is 5.99. The molecule has 1 saturated heterocycles. The van der Waals surface area contributed by atoms with Crippen molar-refractivity contribution in [3.8, 4) is 0 Å². The van der Waals surface area contributed by atoms with Crippen LogP contribution in [-0.4, -0.2) is 49.9 Å². The van der Waals surface area contributed by atoms with E-state index in [4.69, 9.17) is 13.9 Å². The van der Waals surface area contributed by atoms with E-state index in [2.05, 4.69) is 33.9 Å². The fourth-order valence-electron chi connectivity index (χ4n) is 2.88. The van der Waals surface area contributed by atoms with Gasteiger partial charge < -0.3 is 19.0 Å². The molecule has 23 heavy (non-hydrogen) atoms. The molecule has 0 saturated carbocycles. The molecule has 2 aliphatic heterocycles. The molecule has 2 aliphatic rings. The Morgan fingerprint density at radius 3 is 2.26 bits per heavy atom. The SMILES string of the molecule is CC(=O)OC[C@@]12C=C[C@@](CO[Si](C)(C)C(C)(C)C)(C[C@@H](O)C1)O2. The Balaban J connectivity index is 2.08. The van der Waals surface area contributed by atoms with E-state index >= 15 is 0 Å². The topological polar surface area (TPSA) is 65.0 Å². The smallest absolute Gasteiger partial charge is 0.302 e. The molecule has 0 amide bonds. The molecule has 0 aromatic carbocycles. The van der Waals surface area contributed by atoms with Crippen LogP contribution < -0.4 is 0 Å². The van der Waals surface area contributed by atoms with Crippen LogP contribution >= 0.6 is 0 Å². The molecule has 1 N–H and O–H groups in total. The first-order chi connectivity index (χ1) is 10.4. The standard InChI is InChI=1S/C17H30O5Si/c1-13(18)20-11-16-7-8-17(22-16,10-14(19)9-16)12-21-23(5,6)15(2,3)4/h7-8,14,19H,9-12H2,1-6H3/t14-,16+,17-/m0/s1. The Morgan fingerprint density at radius 2 is 1.78 bits per heavy atom. The fourth-order valence-corrected chi connectivity index (χ4v) is 3.92. The summed E-state index contributed by atoms with van der Waals surface area (Å²) in [5, 5.41) is 10.4. The lowest BCUT2D eigenvalue weighted by Crippen LogP contribution is -2.53. The van der Waals surface area contributed by atoms with Gasteiger partial charge in [0.15, 0.2) is 8.32 Å². The average Bonchev–Trinajstić information content (AvgIpc) is 2.66. The molecule has 0 aromatic heterocycles. The van der Waals surface area contributed by atoms with Gasteiger partial charge in [0.25, 0.3) is 0 Å². The number of carbonyl (C=O) groups is 1. The van der Waals surface area contributed by atoms with Gasteiger partial charge in [-0.15, -0.1) is 0 Å². The van der Waals surface area contributed by atoms with Crippen LogP contribution in [-0.2, 0) is 18.7 Å². The van der Waals surface area contributed by atoms with E-state index in [0.717, 1.165) is 0 Å². The highest BCUT2D eigenvalue weighted by molar-refractivity contribution is 6.74. The first-order valence-electron chi connectivity index (χ1n) is 8.25. The van der Waals surface area contributed by atoms with Crippen LogP contribution in [0.15, 0.2) is 12.2 Å². The molecule has 0 aromatic rings. The van der Waals surface area contributed by atoms with Crippen LogP contribution in [0, 0.1) is 0 Å². The molecule has 0 unspecified atom stereocenters. The molecule has 0 aliphatic carbocycles. The van der Waals surface area contributed by atoms with Crippen LogP contribution in [0.1, 0.15) is 40.5 Å². The van der Waals surface area contributed by atoms with Crippen LogP contribution in [0.3, 0.4) is 0 Å². The largest absolute Gasteiger partial charge is 0.462 e. The minimum atomic E-state index is -1.90. The average molecular weight is 343 g/mol. The summed E-state index contributed by atoms with van der Waals surface area (Å²) in [6.45, 7) is 12.9. The monoisotopic (exact) mass is 342 g/mol. The van der Waals surface area contributed by atoms with Gasteiger partial charge >= 0.3 is 5.97 Å². The zero-order chi connectivity index (χ0) is 17.5. The van der Waals surface area contributed by atoms with Crippen LogP contribution in [0.5, 0.6) is 0 Å². The quantitative estimate of drug-likeness (QED) is 0.473. The molecular formula is C17H30O5Si. The van der Waals surface area contributed by atoms with E-state index in [1.54, 1.807) is 0 Å². The van der Waals surface area contributed by atoms with Crippen molar-refractivity contribution in [2.24, 2.45) is 0 Å². The van der Waals surface area contributed by atoms with Gasteiger partial charge in [-0.3, -0.25) is 4.79 Å². The first kappa shape index (κ1) is 18.6. The number of esters is 1. The third-order valence-corrected chi connectivity index (χ3v) is 9.74. The van der Waals surface area contributed by atoms with E-state index in [0.29, 0.717) is 19.4 Å². The maximum Gasteiger partial charge on any atom is 0.302 e. The van der Waals surface area contributed by atoms with Gasteiger partial charge in [0, 0.05) is 19.8 Å². The highest BCUT2D eigenvalue weighted by Crippen LogP contribution is 2.45. The summed E-state index contributed by atoms with van der Waals surface area (Å²) in [5.74, 6) is -0.341. The van der Waals surface area contributed by atoms with Crippen molar-refractivity contribution in [2.45, 2.75) is 76.0 Å². The Labute approximate surface area is 140 Å². The first-order valence-corrected chi connectivity index (χ1v) is 11.2. The molecule has 5 nitrogen and oxygen atoms in total. The Bertz CT molecular complexity index is 496. The number of hydrogen-bond donors (Lipinski definition) is 1. The van der Waals surface area contributed by atoms with Crippen LogP contribution in [0.4, 0.5) is 0 Å². The Morgan fingerprint density at radius 1 is 1.26 bits per heavy atom. The minimum Gasteiger partial charge on any atom is -0.462 e. The number of hydrogen-bond acceptors (Lipinski definition) is 5.